The third-order valence-corrected chi connectivity index (χ3v) is 15.0. The van der Waals surface area contributed by atoms with Crippen LogP contribution in [0.25, 0.3) is 0 Å². The van der Waals surface area contributed by atoms with Crippen molar-refractivity contribution in [2.75, 3.05) is 0 Å². The highest BCUT2D eigenvalue weighted by molar-refractivity contribution is 5.09. The molecule has 0 aromatic rings. The summed E-state index contributed by atoms with van der Waals surface area (Å²) in [6.07, 6.45) is 23.8. The number of fused-ring (bicyclic) bond motifs is 20. The van der Waals surface area contributed by atoms with Gasteiger partial charge in [-0.15, -0.1) is 0 Å². The predicted molar refractivity (Wildman–Crippen MR) is 176 cm³/mol. The highest BCUT2D eigenvalue weighted by atomic mass is 15.4. The van der Waals surface area contributed by atoms with Crippen LogP contribution in [0.3, 0.4) is 0 Å². The van der Waals surface area contributed by atoms with Crippen LogP contribution in [-0.4, -0.2) is 49.3 Å². The minimum absolute atomic E-state index is 0.329. The van der Waals surface area contributed by atoms with Gasteiger partial charge in [0.05, 0.1) is 49.3 Å². The van der Waals surface area contributed by atoms with Gasteiger partial charge in [-0.2, -0.15) is 0 Å². The van der Waals surface area contributed by atoms with Crippen molar-refractivity contribution in [3.05, 3.63) is 0 Å². The van der Waals surface area contributed by atoms with Gasteiger partial charge in [0.1, 0.15) is 0 Å². The van der Waals surface area contributed by atoms with Crippen molar-refractivity contribution in [2.45, 2.75) is 166 Å². The number of rotatable bonds is 0. The Balaban J connectivity index is 1.07. The van der Waals surface area contributed by atoms with Crippen molar-refractivity contribution in [3.63, 3.8) is 0 Å². The molecule has 8 heteroatoms. The van der Waals surface area contributed by atoms with E-state index >= 15 is 0 Å². The van der Waals surface area contributed by atoms with Crippen LogP contribution in [0.4, 0.5) is 0 Å². The lowest BCUT2D eigenvalue weighted by atomic mass is 9.62. The molecule has 17 atom stereocenters. The predicted octanol–water partition coefficient (Wildman–Crippen LogP) is 3.88. The summed E-state index contributed by atoms with van der Waals surface area (Å²) in [6.45, 7) is 7.54. The van der Waals surface area contributed by atoms with Gasteiger partial charge in [-0.3, -0.25) is 42.5 Å². The first kappa shape index (κ1) is 29.8. The van der Waals surface area contributed by atoms with E-state index in [1.54, 1.807) is 0 Å². The summed E-state index contributed by atoms with van der Waals surface area (Å²) in [5.41, 5.74) is 0.329. The monoisotopic (exact) mass is 609 g/mol. The summed E-state index contributed by atoms with van der Waals surface area (Å²) in [7, 11) is 0. The standard InChI is InChI=1S/C36H64N8/c1-36(2,3)26-18-10-17-25-27(26)35-43-33-24-16-9-8-15-23(24)31(41-33)39-29-20-12-5-4-11-19(20)28(37-29)38-30-21-13-6-7-14-22(21)32(40-30)42-34(25)44-35/h19-35,37-44H,4-18H2,1-3H3. The molecule has 0 aromatic carbocycles. The van der Waals surface area contributed by atoms with E-state index in [0.717, 1.165) is 41.4 Å². The molecule has 0 amide bonds. The Labute approximate surface area is 267 Å². The maximum atomic E-state index is 4.36. The van der Waals surface area contributed by atoms with E-state index in [1.807, 2.05) is 0 Å². The second kappa shape index (κ2) is 11.7. The van der Waals surface area contributed by atoms with Crippen molar-refractivity contribution in [2.24, 2.45) is 58.7 Å². The van der Waals surface area contributed by atoms with Crippen molar-refractivity contribution >= 4 is 0 Å². The molecule has 0 radical (unpaired) electrons. The normalized spacial score (nSPS) is 55.6. The van der Waals surface area contributed by atoms with Gasteiger partial charge in [-0.1, -0.05) is 65.7 Å². The van der Waals surface area contributed by atoms with Crippen LogP contribution in [0.2, 0.25) is 0 Å². The zero-order chi connectivity index (χ0) is 29.6. The molecule has 17 unspecified atom stereocenters. The van der Waals surface area contributed by atoms with Crippen molar-refractivity contribution in [3.8, 4) is 0 Å². The molecule has 8 N–H and O–H groups in total. The van der Waals surface area contributed by atoms with Crippen LogP contribution in [0.5, 0.6) is 0 Å². The molecule has 5 heterocycles. The maximum Gasteiger partial charge on any atom is 0.0631 e. The van der Waals surface area contributed by atoms with Gasteiger partial charge in [-0.25, -0.2) is 0 Å². The first-order valence-corrected chi connectivity index (χ1v) is 19.5. The lowest BCUT2D eigenvalue weighted by Crippen LogP contribution is -2.62. The molecule has 8 nitrogen and oxygen atoms in total. The molecule has 4 aliphatic carbocycles. The average Bonchev–Trinajstić information content (AvgIpc) is 3.76. The van der Waals surface area contributed by atoms with E-state index in [1.165, 1.54) is 96.3 Å². The summed E-state index contributed by atoms with van der Waals surface area (Å²) in [5, 5.41) is 34.2. The molecule has 248 valence electrons. The Morgan fingerprint density at radius 1 is 0.318 bits per heavy atom. The van der Waals surface area contributed by atoms with Gasteiger partial charge in [0.25, 0.3) is 0 Å². The molecule has 8 bridgehead atoms. The molecule has 44 heavy (non-hydrogen) atoms. The molecular formula is C36H64N8. The summed E-state index contributed by atoms with van der Waals surface area (Å²) in [5.74, 6) is 6.48. The van der Waals surface area contributed by atoms with Gasteiger partial charge in [0.15, 0.2) is 0 Å². The minimum Gasteiger partial charge on any atom is -0.286 e. The third-order valence-electron chi connectivity index (χ3n) is 15.0. The molecule has 9 aliphatic rings. The van der Waals surface area contributed by atoms with Crippen LogP contribution in [-0.2, 0) is 0 Å². The highest BCUT2D eigenvalue weighted by Gasteiger charge is 2.56. The lowest BCUT2D eigenvalue weighted by Gasteiger charge is -2.45. The molecule has 0 spiro atoms. The Morgan fingerprint density at radius 2 is 0.591 bits per heavy atom. The smallest absolute Gasteiger partial charge is 0.0631 e. The van der Waals surface area contributed by atoms with Crippen LogP contribution in [0.15, 0.2) is 0 Å². The summed E-state index contributed by atoms with van der Waals surface area (Å²) < 4.78 is 0. The van der Waals surface area contributed by atoms with Gasteiger partial charge < -0.3 is 0 Å². The van der Waals surface area contributed by atoms with E-state index in [0.29, 0.717) is 66.6 Å². The Morgan fingerprint density at radius 3 is 0.909 bits per heavy atom. The van der Waals surface area contributed by atoms with Crippen LogP contribution >= 0.6 is 0 Å². The first-order valence-electron chi connectivity index (χ1n) is 19.5. The first-order chi connectivity index (χ1) is 21.4. The van der Waals surface area contributed by atoms with Crippen LogP contribution in [0, 0.1) is 58.7 Å². The Kier molecular flexibility index (Phi) is 7.91. The zero-order valence-corrected chi connectivity index (χ0v) is 27.9. The molecule has 0 aromatic heterocycles. The quantitative estimate of drug-likeness (QED) is 0.210. The van der Waals surface area contributed by atoms with E-state index in [4.69, 9.17) is 0 Å². The average molecular weight is 609 g/mol. The van der Waals surface area contributed by atoms with Gasteiger partial charge in [0.2, 0.25) is 0 Å². The van der Waals surface area contributed by atoms with E-state index in [9.17, 15) is 0 Å². The van der Waals surface area contributed by atoms with E-state index < -0.39 is 0 Å². The Bertz CT molecular complexity index is 1030. The SMILES string of the molecule is CC(C)(C)C1CCCC2C3NC4NC(NC5NC(NC6NC(NC(N3)C21)C1CCCCC61)C1CCCCC51)C1CCCCC41. The van der Waals surface area contributed by atoms with E-state index in [-0.39, 0.29) is 0 Å². The van der Waals surface area contributed by atoms with Gasteiger partial charge in [-0.05, 0) is 110 Å². The maximum absolute atomic E-state index is 4.36. The molecular weight excluding hydrogens is 544 g/mol. The van der Waals surface area contributed by atoms with Crippen LogP contribution in [0.1, 0.15) is 117 Å². The molecule has 4 saturated carbocycles. The topological polar surface area (TPSA) is 96.2 Å². The zero-order valence-electron chi connectivity index (χ0n) is 27.9. The van der Waals surface area contributed by atoms with Crippen molar-refractivity contribution in [1.82, 2.24) is 42.5 Å². The fourth-order valence-electron chi connectivity index (χ4n) is 13.1. The molecule has 5 saturated heterocycles. The summed E-state index contributed by atoms with van der Waals surface area (Å²) >= 11 is 0. The fraction of sp³-hybridized carbons (Fsp3) is 1.00. The van der Waals surface area contributed by atoms with Crippen molar-refractivity contribution in [1.29, 1.82) is 0 Å². The number of nitrogens with one attached hydrogen (secondary N) is 8. The lowest BCUT2D eigenvalue weighted by molar-refractivity contribution is 0.0492. The molecule has 9 fully saturated rings. The highest BCUT2D eigenvalue weighted by Crippen LogP contribution is 2.50. The summed E-state index contributed by atoms with van der Waals surface area (Å²) in [6, 6.07) is 0. The number of hydrogen-bond donors (Lipinski definition) is 8. The second-order valence-corrected chi connectivity index (χ2v) is 18.1. The molecule has 9 rings (SSSR count). The minimum atomic E-state index is 0.329. The van der Waals surface area contributed by atoms with Gasteiger partial charge in [0, 0.05) is 0 Å². The van der Waals surface area contributed by atoms with Crippen molar-refractivity contribution < 1.29 is 0 Å². The van der Waals surface area contributed by atoms with Gasteiger partial charge >= 0.3 is 0 Å². The largest absolute Gasteiger partial charge is 0.286 e. The number of hydrogen-bond acceptors (Lipinski definition) is 8. The third kappa shape index (κ3) is 5.07. The fourth-order valence-corrected chi connectivity index (χ4v) is 13.1. The molecule has 5 aliphatic heterocycles. The van der Waals surface area contributed by atoms with E-state index in [2.05, 4.69) is 63.3 Å². The Hall–Kier alpha value is -0.320. The van der Waals surface area contributed by atoms with Crippen LogP contribution < -0.4 is 42.5 Å². The second-order valence-electron chi connectivity index (χ2n) is 18.1. The summed E-state index contributed by atoms with van der Waals surface area (Å²) in [4.78, 5) is 0.